The monoisotopic (exact) mass is 236 g/mol. The van der Waals surface area contributed by atoms with E-state index in [-0.39, 0.29) is 5.91 Å². The molecule has 1 aromatic carbocycles. The third-order valence-corrected chi connectivity index (χ3v) is 3.19. The molecule has 0 aromatic heterocycles. The summed E-state index contributed by atoms with van der Waals surface area (Å²) in [7, 11) is 0. The fraction of sp³-hybridized carbons (Fsp3) is 0.417. The Hall–Kier alpha value is -1.16. The normalized spacial score (nSPS) is 16.2. The Morgan fingerprint density at radius 2 is 1.94 bits per heavy atom. The third-order valence-electron chi connectivity index (χ3n) is 2.91. The van der Waals surface area contributed by atoms with Crippen molar-refractivity contribution in [2.45, 2.75) is 24.2 Å². The van der Waals surface area contributed by atoms with Gasteiger partial charge < -0.3 is 10.6 Å². The van der Waals surface area contributed by atoms with Crippen LogP contribution in [-0.4, -0.2) is 23.9 Å². The van der Waals surface area contributed by atoms with E-state index in [9.17, 15) is 4.79 Å². The highest BCUT2D eigenvalue weighted by Gasteiger charge is 2.19. The molecule has 0 aliphatic carbocycles. The zero-order chi connectivity index (χ0) is 11.5. The average Bonchev–Trinajstić information content (AvgIpc) is 2.29. The second kappa shape index (κ2) is 4.78. The van der Waals surface area contributed by atoms with Crippen LogP contribution in [-0.2, 0) is 0 Å². The highest BCUT2D eigenvalue weighted by atomic mass is 32.1. The lowest BCUT2D eigenvalue weighted by molar-refractivity contribution is 0.0725. The summed E-state index contributed by atoms with van der Waals surface area (Å²) in [5.41, 5.74) is 6.95. The number of carbonyl (C=O) groups excluding carboxylic acids is 1. The maximum absolute atomic E-state index is 12.2. The van der Waals surface area contributed by atoms with E-state index >= 15 is 0 Å². The van der Waals surface area contributed by atoms with Crippen LogP contribution in [0.5, 0.6) is 0 Å². The molecule has 0 radical (unpaired) electrons. The number of carbonyl (C=O) groups is 1. The SMILES string of the molecule is Nc1cc(S)ccc1C(=O)N1CCCCC1. The number of likely N-dealkylation sites (tertiary alicyclic amines) is 1. The summed E-state index contributed by atoms with van der Waals surface area (Å²) in [5, 5.41) is 0. The molecule has 4 heteroatoms. The van der Waals surface area contributed by atoms with Crippen LogP contribution in [0.3, 0.4) is 0 Å². The van der Waals surface area contributed by atoms with E-state index < -0.39 is 0 Å². The van der Waals surface area contributed by atoms with Crippen molar-refractivity contribution in [2.24, 2.45) is 0 Å². The molecule has 86 valence electrons. The van der Waals surface area contributed by atoms with Gasteiger partial charge in [0.25, 0.3) is 5.91 Å². The van der Waals surface area contributed by atoms with E-state index in [1.807, 2.05) is 4.90 Å². The second-order valence-corrected chi connectivity index (χ2v) is 4.64. The maximum atomic E-state index is 12.2. The van der Waals surface area contributed by atoms with Gasteiger partial charge >= 0.3 is 0 Å². The number of nitrogen functional groups attached to an aromatic ring is 1. The zero-order valence-electron chi connectivity index (χ0n) is 9.15. The smallest absolute Gasteiger partial charge is 0.255 e. The first-order chi connectivity index (χ1) is 7.68. The second-order valence-electron chi connectivity index (χ2n) is 4.12. The summed E-state index contributed by atoms with van der Waals surface area (Å²) in [5.74, 6) is 0.0468. The van der Waals surface area contributed by atoms with Gasteiger partial charge in [-0.3, -0.25) is 4.79 Å². The molecule has 1 saturated heterocycles. The lowest BCUT2D eigenvalue weighted by Gasteiger charge is -2.27. The molecular formula is C12H16N2OS. The number of nitrogens with zero attached hydrogens (tertiary/aromatic N) is 1. The summed E-state index contributed by atoms with van der Waals surface area (Å²) in [6, 6.07) is 5.28. The van der Waals surface area contributed by atoms with Gasteiger partial charge in [-0.25, -0.2) is 0 Å². The zero-order valence-corrected chi connectivity index (χ0v) is 10.0. The Morgan fingerprint density at radius 3 is 2.56 bits per heavy atom. The summed E-state index contributed by atoms with van der Waals surface area (Å²) in [6.07, 6.45) is 3.40. The molecule has 1 fully saturated rings. The molecule has 2 rings (SSSR count). The topological polar surface area (TPSA) is 46.3 Å². The Balaban J connectivity index is 2.19. The number of anilines is 1. The Morgan fingerprint density at radius 1 is 1.25 bits per heavy atom. The van der Waals surface area contributed by atoms with Gasteiger partial charge in [0.15, 0.2) is 0 Å². The van der Waals surface area contributed by atoms with Gasteiger partial charge in [0.1, 0.15) is 0 Å². The lowest BCUT2D eigenvalue weighted by Crippen LogP contribution is -2.35. The van der Waals surface area contributed by atoms with Crippen molar-refractivity contribution in [1.82, 2.24) is 4.90 Å². The summed E-state index contributed by atoms with van der Waals surface area (Å²) < 4.78 is 0. The Labute approximate surface area is 101 Å². The predicted octanol–water partition coefficient (Wildman–Crippen LogP) is 2.18. The van der Waals surface area contributed by atoms with Gasteiger partial charge in [0.05, 0.1) is 5.56 Å². The van der Waals surface area contributed by atoms with Crippen LogP contribution in [0.15, 0.2) is 23.1 Å². The number of thiol groups is 1. The number of nitrogens with two attached hydrogens (primary N) is 1. The fourth-order valence-corrected chi connectivity index (χ4v) is 2.23. The van der Waals surface area contributed by atoms with Gasteiger partial charge in [0.2, 0.25) is 0 Å². The number of hydrogen-bond donors (Lipinski definition) is 2. The van der Waals surface area contributed by atoms with Gasteiger partial charge in [-0.05, 0) is 37.5 Å². The van der Waals surface area contributed by atoms with E-state index in [4.69, 9.17) is 5.73 Å². The molecule has 2 N–H and O–H groups in total. The summed E-state index contributed by atoms with van der Waals surface area (Å²) in [6.45, 7) is 1.70. The summed E-state index contributed by atoms with van der Waals surface area (Å²) in [4.78, 5) is 14.8. The van der Waals surface area contributed by atoms with Crippen LogP contribution in [0.2, 0.25) is 0 Å². The minimum atomic E-state index is 0.0468. The predicted molar refractivity (Wildman–Crippen MR) is 67.9 cm³/mol. The molecular weight excluding hydrogens is 220 g/mol. The molecule has 1 amide bonds. The van der Waals surface area contributed by atoms with Crippen molar-refractivity contribution in [3.05, 3.63) is 23.8 Å². The first kappa shape index (κ1) is 11.3. The average molecular weight is 236 g/mol. The highest BCUT2D eigenvalue weighted by molar-refractivity contribution is 7.80. The van der Waals surface area contributed by atoms with Crippen molar-refractivity contribution >= 4 is 24.2 Å². The molecule has 3 nitrogen and oxygen atoms in total. The first-order valence-electron chi connectivity index (χ1n) is 5.56. The molecule has 1 aliphatic rings. The largest absolute Gasteiger partial charge is 0.398 e. The van der Waals surface area contributed by atoms with E-state index in [1.54, 1.807) is 18.2 Å². The van der Waals surface area contributed by atoms with Crippen LogP contribution >= 0.6 is 12.6 Å². The molecule has 0 atom stereocenters. The Bertz CT molecular complexity index is 400. The molecule has 0 saturated carbocycles. The quantitative estimate of drug-likeness (QED) is 0.580. The molecule has 1 heterocycles. The van der Waals surface area contributed by atoms with E-state index in [0.29, 0.717) is 11.3 Å². The van der Waals surface area contributed by atoms with Crippen molar-refractivity contribution in [3.63, 3.8) is 0 Å². The number of amides is 1. The van der Waals surface area contributed by atoms with E-state index in [2.05, 4.69) is 12.6 Å². The summed E-state index contributed by atoms with van der Waals surface area (Å²) >= 11 is 4.19. The van der Waals surface area contributed by atoms with Crippen LogP contribution in [0.4, 0.5) is 5.69 Å². The van der Waals surface area contributed by atoms with Crippen LogP contribution in [0.1, 0.15) is 29.6 Å². The van der Waals surface area contributed by atoms with Gasteiger partial charge in [-0.1, -0.05) is 0 Å². The Kier molecular flexibility index (Phi) is 3.39. The van der Waals surface area contributed by atoms with Crippen molar-refractivity contribution in [2.75, 3.05) is 18.8 Å². The molecule has 1 aliphatic heterocycles. The van der Waals surface area contributed by atoms with Crippen molar-refractivity contribution < 1.29 is 4.79 Å². The molecule has 16 heavy (non-hydrogen) atoms. The van der Waals surface area contributed by atoms with Gasteiger partial charge in [0, 0.05) is 23.7 Å². The molecule has 0 spiro atoms. The highest BCUT2D eigenvalue weighted by Crippen LogP contribution is 2.20. The molecule has 0 bridgehead atoms. The lowest BCUT2D eigenvalue weighted by atomic mass is 10.1. The standard InChI is InChI=1S/C12H16N2OS/c13-11-8-9(16)4-5-10(11)12(15)14-6-2-1-3-7-14/h4-5,8,16H,1-3,6-7,13H2. The minimum Gasteiger partial charge on any atom is -0.398 e. The maximum Gasteiger partial charge on any atom is 0.255 e. The van der Waals surface area contributed by atoms with Gasteiger partial charge in [-0.15, -0.1) is 12.6 Å². The number of piperidine rings is 1. The van der Waals surface area contributed by atoms with Crippen molar-refractivity contribution in [1.29, 1.82) is 0 Å². The van der Waals surface area contributed by atoms with Crippen LogP contribution < -0.4 is 5.73 Å². The van der Waals surface area contributed by atoms with E-state index in [0.717, 1.165) is 30.8 Å². The number of rotatable bonds is 1. The van der Waals surface area contributed by atoms with Crippen molar-refractivity contribution in [3.8, 4) is 0 Å². The van der Waals surface area contributed by atoms with E-state index in [1.165, 1.54) is 6.42 Å². The third kappa shape index (κ3) is 2.32. The molecule has 0 unspecified atom stereocenters. The first-order valence-corrected chi connectivity index (χ1v) is 6.01. The number of hydrogen-bond acceptors (Lipinski definition) is 3. The molecule has 1 aromatic rings. The van der Waals surface area contributed by atoms with Crippen LogP contribution in [0, 0.1) is 0 Å². The number of benzene rings is 1. The van der Waals surface area contributed by atoms with Crippen LogP contribution in [0.25, 0.3) is 0 Å². The minimum absolute atomic E-state index is 0.0468. The van der Waals surface area contributed by atoms with Gasteiger partial charge in [-0.2, -0.15) is 0 Å². The fourth-order valence-electron chi connectivity index (χ4n) is 2.01.